The maximum Gasteiger partial charge on any atom is 0.227 e. The highest BCUT2D eigenvalue weighted by Gasteiger charge is 2.55. The van der Waals surface area contributed by atoms with Gasteiger partial charge in [-0.25, -0.2) is 4.39 Å². The van der Waals surface area contributed by atoms with Crippen LogP contribution in [0.5, 0.6) is 0 Å². The average Bonchev–Trinajstić information content (AvgIpc) is 3.62. The molecule has 0 aromatic heterocycles. The van der Waals surface area contributed by atoms with E-state index in [2.05, 4.69) is 71.6 Å². The molecule has 2 aliphatic heterocycles. The molecule has 1 saturated carbocycles. The first-order valence-electron chi connectivity index (χ1n) is 13.5. The monoisotopic (exact) mass is 482 g/mol. The number of carbonyl (C=O) groups excluding carboxylic acids is 1. The van der Waals surface area contributed by atoms with Gasteiger partial charge in [0.2, 0.25) is 5.91 Å². The first-order chi connectivity index (χ1) is 17.7. The van der Waals surface area contributed by atoms with Gasteiger partial charge < -0.3 is 9.80 Å². The molecule has 2 heterocycles. The Morgan fingerprint density at radius 2 is 1.44 bits per heavy atom. The number of likely N-dealkylation sites (tertiary alicyclic amines) is 1. The summed E-state index contributed by atoms with van der Waals surface area (Å²) < 4.78 is 15.5. The zero-order chi connectivity index (χ0) is 24.5. The van der Waals surface area contributed by atoms with Crippen molar-refractivity contribution in [2.45, 2.75) is 43.7 Å². The number of hydrogen-bond acceptors (Lipinski definition) is 2. The van der Waals surface area contributed by atoms with Crippen molar-refractivity contribution in [2.75, 3.05) is 31.1 Å². The van der Waals surface area contributed by atoms with Crippen LogP contribution in [0.4, 0.5) is 10.1 Å². The fourth-order valence-electron chi connectivity index (χ4n) is 7.24. The molecule has 4 heteroatoms. The number of anilines is 1. The van der Waals surface area contributed by atoms with Crippen molar-refractivity contribution in [1.82, 2.24) is 4.90 Å². The lowest BCUT2D eigenvalue weighted by Gasteiger charge is -2.47. The highest BCUT2D eigenvalue weighted by molar-refractivity contribution is 5.81. The first kappa shape index (κ1) is 23.3. The Morgan fingerprint density at radius 3 is 2.11 bits per heavy atom. The third kappa shape index (κ3) is 4.01. The number of halogens is 1. The molecule has 0 spiro atoms. The Labute approximate surface area is 213 Å². The smallest absolute Gasteiger partial charge is 0.227 e. The van der Waals surface area contributed by atoms with E-state index in [1.807, 2.05) is 23.1 Å². The molecule has 1 amide bonds. The van der Waals surface area contributed by atoms with Gasteiger partial charge in [-0.05, 0) is 54.4 Å². The number of amides is 1. The molecule has 3 nitrogen and oxygen atoms in total. The molecule has 0 bridgehead atoms. The summed E-state index contributed by atoms with van der Waals surface area (Å²) in [6.45, 7) is 3.23. The van der Waals surface area contributed by atoms with Crippen molar-refractivity contribution >= 4 is 11.6 Å². The summed E-state index contributed by atoms with van der Waals surface area (Å²) in [6, 6.07) is 29.5. The zero-order valence-electron chi connectivity index (χ0n) is 20.9. The average molecular weight is 483 g/mol. The lowest BCUT2D eigenvalue weighted by Crippen LogP contribution is -2.47. The molecule has 3 atom stereocenters. The normalized spacial score (nSPS) is 25.1. The second kappa shape index (κ2) is 9.72. The van der Waals surface area contributed by atoms with Crippen molar-refractivity contribution in [3.05, 3.63) is 102 Å². The van der Waals surface area contributed by atoms with Gasteiger partial charge in [-0.15, -0.1) is 0 Å². The third-order valence-corrected chi connectivity index (χ3v) is 8.99. The molecular formula is C32H35FN2O. The van der Waals surface area contributed by atoms with E-state index in [-0.39, 0.29) is 23.2 Å². The highest BCUT2D eigenvalue weighted by atomic mass is 19.1. The lowest BCUT2D eigenvalue weighted by molar-refractivity contribution is -0.129. The van der Waals surface area contributed by atoms with Crippen LogP contribution in [-0.2, 0) is 16.6 Å². The molecule has 0 radical (unpaired) electrons. The van der Waals surface area contributed by atoms with Gasteiger partial charge in [-0.2, -0.15) is 0 Å². The molecule has 6 rings (SSSR count). The van der Waals surface area contributed by atoms with E-state index in [0.717, 1.165) is 25.1 Å². The van der Waals surface area contributed by atoms with Gasteiger partial charge in [0.15, 0.2) is 0 Å². The quantitative estimate of drug-likeness (QED) is 0.444. The zero-order valence-corrected chi connectivity index (χ0v) is 20.9. The van der Waals surface area contributed by atoms with E-state index in [1.54, 1.807) is 0 Å². The molecule has 3 aliphatic rings. The SMILES string of the molecule is O=C(Cc1ccccc1N1CCCC1)N1CC2[C@H](C1)[C@H](F)CCC2(c1ccccc1)c1ccccc1. The minimum absolute atomic E-state index is 0.0591. The van der Waals surface area contributed by atoms with Crippen molar-refractivity contribution in [1.29, 1.82) is 0 Å². The van der Waals surface area contributed by atoms with Crippen LogP contribution in [-0.4, -0.2) is 43.2 Å². The Bertz CT molecular complexity index is 1150. The van der Waals surface area contributed by atoms with E-state index in [0.29, 0.717) is 25.9 Å². The summed E-state index contributed by atoms with van der Waals surface area (Å²) in [5, 5.41) is 0. The van der Waals surface area contributed by atoms with E-state index in [1.165, 1.54) is 29.7 Å². The van der Waals surface area contributed by atoms with E-state index >= 15 is 4.39 Å². The number of nitrogens with zero attached hydrogens (tertiary/aromatic N) is 2. The number of carbonyl (C=O) groups is 1. The summed E-state index contributed by atoms with van der Waals surface area (Å²) >= 11 is 0. The Hall–Kier alpha value is -3.14. The second-order valence-electron chi connectivity index (χ2n) is 10.8. The summed E-state index contributed by atoms with van der Waals surface area (Å²) in [5.74, 6) is 0.0408. The summed E-state index contributed by atoms with van der Waals surface area (Å²) in [4.78, 5) is 18.1. The van der Waals surface area contributed by atoms with Gasteiger partial charge in [-0.3, -0.25) is 4.79 Å². The van der Waals surface area contributed by atoms with E-state index in [9.17, 15) is 4.79 Å². The molecule has 186 valence electrons. The molecule has 1 aliphatic carbocycles. The van der Waals surface area contributed by atoms with Crippen molar-refractivity contribution in [2.24, 2.45) is 11.8 Å². The number of hydrogen-bond donors (Lipinski definition) is 0. The maximum atomic E-state index is 15.5. The van der Waals surface area contributed by atoms with Crippen LogP contribution in [0.15, 0.2) is 84.9 Å². The molecule has 3 aromatic rings. The van der Waals surface area contributed by atoms with Crippen molar-refractivity contribution in [3.8, 4) is 0 Å². The largest absolute Gasteiger partial charge is 0.371 e. The molecule has 2 saturated heterocycles. The summed E-state index contributed by atoms with van der Waals surface area (Å²) in [5.41, 5.74) is 4.48. The third-order valence-electron chi connectivity index (χ3n) is 8.99. The van der Waals surface area contributed by atoms with Gasteiger partial charge in [-0.1, -0.05) is 78.9 Å². The molecule has 3 fully saturated rings. The molecule has 0 N–H and O–H groups in total. The Morgan fingerprint density at radius 1 is 0.833 bits per heavy atom. The fraction of sp³-hybridized carbons (Fsp3) is 0.406. The van der Waals surface area contributed by atoms with Crippen LogP contribution in [0, 0.1) is 11.8 Å². The molecular weight excluding hydrogens is 447 g/mol. The predicted octanol–water partition coefficient (Wildman–Crippen LogP) is 6.02. The van der Waals surface area contributed by atoms with E-state index < -0.39 is 6.17 Å². The number of benzene rings is 3. The minimum atomic E-state index is -0.870. The van der Waals surface area contributed by atoms with Gasteiger partial charge in [0.1, 0.15) is 6.17 Å². The Kier molecular flexibility index (Phi) is 6.29. The van der Waals surface area contributed by atoms with Gasteiger partial charge in [0, 0.05) is 43.2 Å². The predicted molar refractivity (Wildman–Crippen MR) is 143 cm³/mol. The van der Waals surface area contributed by atoms with Gasteiger partial charge in [0.05, 0.1) is 6.42 Å². The topological polar surface area (TPSA) is 23.6 Å². The summed E-state index contributed by atoms with van der Waals surface area (Å²) in [6.07, 6.45) is 3.22. The van der Waals surface area contributed by atoms with Crippen LogP contribution in [0.25, 0.3) is 0 Å². The molecule has 3 aromatic carbocycles. The lowest BCUT2D eigenvalue weighted by atomic mass is 9.56. The molecule has 36 heavy (non-hydrogen) atoms. The molecule has 1 unspecified atom stereocenters. The standard InChI is InChI=1S/C32H35FN2O/c33-29-17-18-32(25-12-3-1-4-13-25,26-14-5-2-6-15-26)28-23-35(22-27(28)29)31(36)21-24-11-7-8-16-30(24)34-19-9-10-20-34/h1-8,11-16,27-29H,9-10,17-23H2/t27-,28?,29+/m0/s1. The van der Waals surface area contributed by atoms with Crippen LogP contribution in [0.1, 0.15) is 42.4 Å². The van der Waals surface area contributed by atoms with Crippen LogP contribution >= 0.6 is 0 Å². The summed E-state index contributed by atoms with van der Waals surface area (Å²) in [7, 11) is 0. The van der Waals surface area contributed by atoms with Gasteiger partial charge in [0.25, 0.3) is 0 Å². The van der Waals surface area contributed by atoms with Crippen molar-refractivity contribution in [3.63, 3.8) is 0 Å². The van der Waals surface area contributed by atoms with Crippen molar-refractivity contribution < 1.29 is 9.18 Å². The maximum absolute atomic E-state index is 15.5. The van der Waals surface area contributed by atoms with Gasteiger partial charge >= 0.3 is 0 Å². The second-order valence-corrected chi connectivity index (χ2v) is 10.8. The van der Waals surface area contributed by atoms with Crippen LogP contribution in [0.3, 0.4) is 0 Å². The van der Waals surface area contributed by atoms with Crippen LogP contribution < -0.4 is 4.90 Å². The van der Waals surface area contributed by atoms with E-state index in [4.69, 9.17) is 0 Å². The number of alkyl halides is 1. The Balaban J connectivity index is 1.31. The highest BCUT2D eigenvalue weighted by Crippen LogP contribution is 2.54. The first-order valence-corrected chi connectivity index (χ1v) is 13.5. The number of fused-ring (bicyclic) bond motifs is 1. The minimum Gasteiger partial charge on any atom is -0.371 e. The fourth-order valence-corrected chi connectivity index (χ4v) is 7.24. The van der Waals surface area contributed by atoms with Crippen LogP contribution in [0.2, 0.25) is 0 Å². The number of para-hydroxylation sites is 1. The number of rotatable bonds is 5.